The predicted molar refractivity (Wildman–Crippen MR) is 98.3 cm³/mol. The number of amides is 1. The Morgan fingerprint density at radius 3 is 2.88 bits per heavy atom. The second-order valence-corrected chi connectivity index (χ2v) is 7.50. The third-order valence-electron chi connectivity index (χ3n) is 5.88. The Hall–Kier alpha value is -2.34. The van der Waals surface area contributed by atoms with Gasteiger partial charge in [0.1, 0.15) is 0 Å². The quantitative estimate of drug-likeness (QED) is 0.845. The van der Waals surface area contributed by atoms with Gasteiger partial charge in [-0.2, -0.15) is 10.2 Å². The second-order valence-electron chi connectivity index (χ2n) is 7.50. The number of carbonyl (C=O) groups excluding carboxylic acids is 1. The second kappa shape index (κ2) is 7.50. The molecular formula is C20H25N5O. The van der Waals surface area contributed by atoms with Crippen LogP contribution in [0.25, 0.3) is 0 Å². The summed E-state index contributed by atoms with van der Waals surface area (Å²) < 4.78 is 0. The minimum Gasteiger partial charge on any atom is -0.338 e. The lowest BCUT2D eigenvalue weighted by Gasteiger charge is -2.38. The number of carbonyl (C=O) groups is 1. The highest BCUT2D eigenvalue weighted by atomic mass is 16.2. The highest BCUT2D eigenvalue weighted by Crippen LogP contribution is 2.39. The van der Waals surface area contributed by atoms with Crippen LogP contribution >= 0.6 is 0 Å². The van der Waals surface area contributed by atoms with Crippen molar-refractivity contribution in [3.8, 4) is 0 Å². The van der Waals surface area contributed by atoms with E-state index in [4.69, 9.17) is 0 Å². The van der Waals surface area contributed by atoms with E-state index in [0.29, 0.717) is 23.4 Å². The van der Waals surface area contributed by atoms with Gasteiger partial charge in [0.25, 0.3) is 5.91 Å². The highest BCUT2D eigenvalue weighted by Gasteiger charge is 2.43. The van der Waals surface area contributed by atoms with Crippen LogP contribution in [0.1, 0.15) is 35.3 Å². The van der Waals surface area contributed by atoms with Crippen LogP contribution in [-0.2, 0) is 6.54 Å². The molecule has 1 saturated heterocycles. The molecule has 3 heterocycles. The van der Waals surface area contributed by atoms with Crippen LogP contribution in [0.5, 0.6) is 0 Å². The van der Waals surface area contributed by atoms with Crippen molar-refractivity contribution in [2.24, 2.45) is 11.8 Å². The van der Waals surface area contributed by atoms with Crippen molar-refractivity contribution in [1.82, 2.24) is 25.0 Å². The zero-order chi connectivity index (χ0) is 17.9. The lowest BCUT2D eigenvalue weighted by Crippen LogP contribution is -2.43. The summed E-state index contributed by atoms with van der Waals surface area (Å²) in [7, 11) is 2.19. The largest absolute Gasteiger partial charge is 0.338 e. The summed E-state index contributed by atoms with van der Waals surface area (Å²) in [5.41, 5.74) is 1.74. The van der Waals surface area contributed by atoms with Gasteiger partial charge in [-0.1, -0.05) is 12.5 Å². The monoisotopic (exact) mass is 351 g/mol. The predicted octanol–water partition coefficient (Wildman–Crippen LogP) is 2.24. The summed E-state index contributed by atoms with van der Waals surface area (Å²) in [4.78, 5) is 21.7. The molecule has 2 aromatic heterocycles. The molecule has 0 unspecified atom stereocenters. The molecule has 2 aromatic rings. The Bertz CT molecular complexity index is 738. The molecule has 6 nitrogen and oxygen atoms in total. The number of fused-ring (bicyclic) bond motifs is 1. The molecule has 3 atom stereocenters. The summed E-state index contributed by atoms with van der Waals surface area (Å²) in [6.45, 7) is 2.56. The van der Waals surface area contributed by atoms with E-state index in [0.717, 1.165) is 25.3 Å². The van der Waals surface area contributed by atoms with E-state index in [1.807, 2.05) is 23.2 Å². The first-order valence-corrected chi connectivity index (χ1v) is 9.38. The van der Waals surface area contributed by atoms with Gasteiger partial charge in [-0.25, -0.2) is 0 Å². The Morgan fingerprint density at radius 2 is 2.12 bits per heavy atom. The molecule has 0 radical (unpaired) electrons. The van der Waals surface area contributed by atoms with Gasteiger partial charge in [-0.3, -0.25) is 14.7 Å². The molecule has 26 heavy (non-hydrogen) atoms. The molecule has 2 aliphatic rings. The molecule has 6 heteroatoms. The van der Waals surface area contributed by atoms with E-state index in [9.17, 15) is 4.79 Å². The van der Waals surface area contributed by atoms with E-state index in [1.54, 1.807) is 18.5 Å². The fourth-order valence-corrected chi connectivity index (χ4v) is 4.62. The molecule has 1 amide bonds. The first-order chi connectivity index (χ1) is 12.7. The van der Waals surface area contributed by atoms with Gasteiger partial charge in [0.05, 0.1) is 23.7 Å². The molecule has 0 aromatic carbocycles. The summed E-state index contributed by atoms with van der Waals surface area (Å²) >= 11 is 0. The number of hydrogen-bond acceptors (Lipinski definition) is 5. The number of hydrogen-bond donors (Lipinski definition) is 0. The van der Waals surface area contributed by atoms with Crippen LogP contribution in [0.4, 0.5) is 0 Å². The smallest absolute Gasteiger partial charge is 0.255 e. The standard InChI is InChI=1S/C20H25N5O/c1-24(13-17-6-2-3-9-21-17)19-7-4-5-16-12-25(14-18(16)19)20(26)15-8-10-22-23-11-15/h2-3,6,8-11,16,18-19H,4-5,7,12-14H2,1H3/t16-,18+,19+/m1/s1. The van der Waals surface area contributed by atoms with Crippen LogP contribution in [-0.4, -0.2) is 57.1 Å². The normalized spacial score (nSPS) is 25.3. The summed E-state index contributed by atoms with van der Waals surface area (Å²) in [6.07, 6.45) is 8.65. The maximum atomic E-state index is 12.8. The number of aromatic nitrogens is 3. The minimum absolute atomic E-state index is 0.0837. The average molecular weight is 351 g/mol. The van der Waals surface area contributed by atoms with Crippen molar-refractivity contribution in [3.63, 3.8) is 0 Å². The first-order valence-electron chi connectivity index (χ1n) is 9.38. The molecule has 1 aliphatic heterocycles. The van der Waals surface area contributed by atoms with Crippen LogP contribution in [0.15, 0.2) is 42.9 Å². The molecule has 4 rings (SSSR count). The van der Waals surface area contributed by atoms with Crippen LogP contribution in [0.3, 0.4) is 0 Å². The van der Waals surface area contributed by atoms with Crippen LogP contribution in [0, 0.1) is 11.8 Å². The molecule has 1 saturated carbocycles. The molecular weight excluding hydrogens is 326 g/mol. The van der Waals surface area contributed by atoms with Crippen molar-refractivity contribution in [2.75, 3.05) is 20.1 Å². The third kappa shape index (κ3) is 3.46. The maximum absolute atomic E-state index is 12.8. The summed E-state index contributed by atoms with van der Waals surface area (Å²) in [6, 6.07) is 8.33. The Labute approximate surface area is 154 Å². The van der Waals surface area contributed by atoms with Crippen LogP contribution < -0.4 is 0 Å². The van der Waals surface area contributed by atoms with E-state index in [1.165, 1.54) is 19.3 Å². The minimum atomic E-state index is 0.0837. The third-order valence-corrected chi connectivity index (χ3v) is 5.88. The molecule has 0 N–H and O–H groups in total. The fraction of sp³-hybridized carbons (Fsp3) is 0.500. The van der Waals surface area contributed by atoms with Gasteiger partial charge in [0.2, 0.25) is 0 Å². The highest BCUT2D eigenvalue weighted by molar-refractivity contribution is 5.94. The Morgan fingerprint density at radius 1 is 1.19 bits per heavy atom. The number of rotatable bonds is 4. The van der Waals surface area contributed by atoms with Gasteiger partial charge >= 0.3 is 0 Å². The van der Waals surface area contributed by atoms with Crippen molar-refractivity contribution in [1.29, 1.82) is 0 Å². The first kappa shape index (κ1) is 17.1. The molecule has 1 aliphatic carbocycles. The molecule has 0 spiro atoms. The van der Waals surface area contributed by atoms with Gasteiger partial charge in [0.15, 0.2) is 0 Å². The molecule has 2 fully saturated rings. The number of likely N-dealkylation sites (tertiary alicyclic amines) is 1. The molecule has 136 valence electrons. The summed E-state index contributed by atoms with van der Waals surface area (Å²) in [5.74, 6) is 1.22. The topological polar surface area (TPSA) is 62.2 Å². The van der Waals surface area contributed by atoms with Gasteiger partial charge in [-0.15, -0.1) is 0 Å². The van der Waals surface area contributed by atoms with Crippen LogP contribution in [0.2, 0.25) is 0 Å². The van der Waals surface area contributed by atoms with E-state index in [2.05, 4.69) is 33.2 Å². The summed E-state index contributed by atoms with van der Waals surface area (Å²) in [5, 5.41) is 7.61. The lowest BCUT2D eigenvalue weighted by molar-refractivity contribution is 0.0769. The van der Waals surface area contributed by atoms with E-state index < -0.39 is 0 Å². The van der Waals surface area contributed by atoms with E-state index >= 15 is 0 Å². The van der Waals surface area contributed by atoms with Crippen molar-refractivity contribution < 1.29 is 4.79 Å². The Kier molecular flexibility index (Phi) is 4.93. The lowest BCUT2D eigenvalue weighted by atomic mass is 9.77. The van der Waals surface area contributed by atoms with Crippen molar-refractivity contribution in [3.05, 3.63) is 54.1 Å². The zero-order valence-corrected chi connectivity index (χ0v) is 15.2. The van der Waals surface area contributed by atoms with E-state index in [-0.39, 0.29) is 5.91 Å². The van der Waals surface area contributed by atoms with Crippen molar-refractivity contribution >= 4 is 5.91 Å². The number of pyridine rings is 1. The zero-order valence-electron chi connectivity index (χ0n) is 15.2. The average Bonchev–Trinajstić information content (AvgIpc) is 3.13. The maximum Gasteiger partial charge on any atom is 0.255 e. The van der Waals surface area contributed by atoms with Crippen molar-refractivity contribution in [2.45, 2.75) is 31.8 Å². The Balaban J connectivity index is 1.45. The fourth-order valence-electron chi connectivity index (χ4n) is 4.62. The van der Waals surface area contributed by atoms with Gasteiger partial charge < -0.3 is 4.90 Å². The molecule has 0 bridgehead atoms. The van der Waals surface area contributed by atoms with Gasteiger partial charge in [-0.05, 0) is 49.9 Å². The van der Waals surface area contributed by atoms with Gasteiger partial charge in [0, 0.05) is 31.9 Å². The SMILES string of the molecule is CN(Cc1ccccn1)[C@H]1CCC[C@@H]2CN(C(=O)c3ccnnc3)C[C@@H]21. The number of nitrogens with zero attached hydrogens (tertiary/aromatic N) is 5.